The summed E-state index contributed by atoms with van der Waals surface area (Å²) in [6.45, 7) is 0. The lowest BCUT2D eigenvalue weighted by Crippen LogP contribution is -2.42. The smallest absolute Gasteiger partial charge is 0.303 e. The minimum Gasteiger partial charge on any atom is -0.481 e. The first-order valence-corrected chi connectivity index (χ1v) is 7.01. The van der Waals surface area contributed by atoms with Crippen LogP contribution in [0.5, 0.6) is 0 Å². The van der Waals surface area contributed by atoms with Crippen LogP contribution in [0.2, 0.25) is 0 Å². The molecule has 90 valence electrons. The van der Waals surface area contributed by atoms with Gasteiger partial charge in [0.1, 0.15) is 0 Å². The van der Waals surface area contributed by atoms with Gasteiger partial charge >= 0.3 is 5.97 Å². The zero-order chi connectivity index (χ0) is 11.5. The fourth-order valence-corrected chi connectivity index (χ4v) is 4.01. The van der Waals surface area contributed by atoms with Crippen molar-refractivity contribution in [3.05, 3.63) is 0 Å². The van der Waals surface area contributed by atoms with E-state index in [2.05, 4.69) is 10.6 Å². The summed E-state index contributed by atoms with van der Waals surface area (Å²) in [4.78, 5) is 10.4. The van der Waals surface area contributed by atoms with Crippen molar-refractivity contribution >= 4 is 35.1 Å². The fourth-order valence-electron chi connectivity index (χ4n) is 2.23. The number of carboxylic acids is 1. The summed E-state index contributed by atoms with van der Waals surface area (Å²) >= 11 is 7.02. The molecule has 6 heteroatoms. The summed E-state index contributed by atoms with van der Waals surface area (Å²) in [6.07, 6.45) is 3.15. The molecular formula is C10H16N2O2S2. The molecule has 3 N–H and O–H groups in total. The van der Waals surface area contributed by atoms with Crippen molar-refractivity contribution < 1.29 is 9.90 Å². The van der Waals surface area contributed by atoms with E-state index in [4.69, 9.17) is 17.3 Å². The Morgan fingerprint density at radius 3 is 3.00 bits per heavy atom. The number of hydrogen-bond donors (Lipinski definition) is 3. The van der Waals surface area contributed by atoms with Crippen LogP contribution in [0.4, 0.5) is 0 Å². The molecule has 2 aliphatic rings. The van der Waals surface area contributed by atoms with Crippen LogP contribution in [-0.2, 0) is 4.79 Å². The van der Waals surface area contributed by atoms with Gasteiger partial charge in [-0.3, -0.25) is 4.79 Å². The lowest BCUT2D eigenvalue weighted by atomic mass is 10.0. The van der Waals surface area contributed by atoms with E-state index < -0.39 is 5.97 Å². The van der Waals surface area contributed by atoms with Gasteiger partial charge in [-0.1, -0.05) is 0 Å². The van der Waals surface area contributed by atoms with Crippen molar-refractivity contribution in [2.45, 2.75) is 43.0 Å². The van der Waals surface area contributed by atoms with Gasteiger partial charge in [-0.05, 0) is 31.5 Å². The van der Waals surface area contributed by atoms with E-state index in [1.807, 2.05) is 11.8 Å². The molecule has 0 aromatic heterocycles. The number of nitrogens with one attached hydrogen (secondary N) is 2. The number of carbonyl (C=O) groups is 1. The number of aliphatic carboxylic acids is 1. The summed E-state index contributed by atoms with van der Waals surface area (Å²) in [5.41, 5.74) is 0. The Hall–Kier alpha value is -0.490. The topological polar surface area (TPSA) is 61.4 Å². The highest BCUT2D eigenvalue weighted by molar-refractivity contribution is 8.00. The predicted octanol–water partition coefficient (Wildman–Crippen LogP) is 0.962. The van der Waals surface area contributed by atoms with E-state index >= 15 is 0 Å². The number of fused-ring (bicyclic) bond motifs is 1. The normalized spacial score (nSPS) is 32.8. The van der Waals surface area contributed by atoms with E-state index in [0.29, 0.717) is 17.3 Å². The van der Waals surface area contributed by atoms with Crippen molar-refractivity contribution in [2.24, 2.45) is 0 Å². The first kappa shape index (κ1) is 12.0. The zero-order valence-electron chi connectivity index (χ0n) is 8.94. The van der Waals surface area contributed by atoms with E-state index in [1.54, 1.807) is 0 Å². The molecule has 2 saturated heterocycles. The van der Waals surface area contributed by atoms with Crippen LogP contribution in [0, 0.1) is 0 Å². The predicted molar refractivity (Wildman–Crippen MR) is 68.8 cm³/mol. The Morgan fingerprint density at radius 2 is 2.25 bits per heavy atom. The molecule has 0 unspecified atom stereocenters. The molecule has 16 heavy (non-hydrogen) atoms. The molecule has 2 heterocycles. The van der Waals surface area contributed by atoms with Crippen LogP contribution >= 0.6 is 24.0 Å². The highest BCUT2D eigenvalue weighted by atomic mass is 32.2. The van der Waals surface area contributed by atoms with Gasteiger partial charge in [0, 0.05) is 17.4 Å². The van der Waals surface area contributed by atoms with Crippen molar-refractivity contribution in [3.63, 3.8) is 0 Å². The molecular weight excluding hydrogens is 244 g/mol. The average molecular weight is 260 g/mol. The maximum Gasteiger partial charge on any atom is 0.303 e. The highest BCUT2D eigenvalue weighted by Gasteiger charge is 2.35. The molecule has 0 aromatic carbocycles. The molecule has 2 rings (SSSR count). The lowest BCUT2D eigenvalue weighted by molar-refractivity contribution is -0.137. The van der Waals surface area contributed by atoms with Gasteiger partial charge in [-0.15, -0.1) is 0 Å². The standard InChI is InChI=1S/C10H16N2O2S2/c13-9(14)3-1-2-6-4-7-8(5-16-6)12-10(15)11-7/h6-8H,1-5H2,(H,13,14)(H2,11,12,15)/t6-,7+,8-/m0/s1. The Labute approximate surface area is 105 Å². The summed E-state index contributed by atoms with van der Waals surface area (Å²) in [6, 6.07) is 0.914. The van der Waals surface area contributed by atoms with Gasteiger partial charge < -0.3 is 15.7 Å². The van der Waals surface area contributed by atoms with Crippen molar-refractivity contribution in [1.29, 1.82) is 0 Å². The summed E-state index contributed by atoms with van der Waals surface area (Å²) in [7, 11) is 0. The van der Waals surface area contributed by atoms with Gasteiger partial charge in [0.15, 0.2) is 5.11 Å². The van der Waals surface area contributed by atoms with E-state index in [1.165, 1.54) is 0 Å². The van der Waals surface area contributed by atoms with Crippen LogP contribution in [0.3, 0.4) is 0 Å². The molecule has 0 amide bonds. The maximum atomic E-state index is 10.4. The Kier molecular flexibility index (Phi) is 3.91. The van der Waals surface area contributed by atoms with Crippen LogP contribution in [-0.4, -0.2) is 39.3 Å². The molecule has 0 saturated carbocycles. The van der Waals surface area contributed by atoms with Gasteiger partial charge in [0.05, 0.1) is 12.1 Å². The summed E-state index contributed by atoms with van der Waals surface area (Å²) < 4.78 is 0. The van der Waals surface area contributed by atoms with Gasteiger partial charge in [-0.25, -0.2) is 0 Å². The number of rotatable bonds is 4. The van der Waals surface area contributed by atoms with Crippen LogP contribution in [0.1, 0.15) is 25.7 Å². The molecule has 0 radical (unpaired) electrons. The Morgan fingerprint density at radius 1 is 1.50 bits per heavy atom. The van der Waals surface area contributed by atoms with E-state index in [-0.39, 0.29) is 6.42 Å². The van der Waals surface area contributed by atoms with Crippen molar-refractivity contribution in [3.8, 4) is 0 Å². The van der Waals surface area contributed by atoms with Gasteiger partial charge in [-0.2, -0.15) is 11.8 Å². The first-order chi connectivity index (χ1) is 7.65. The van der Waals surface area contributed by atoms with Crippen LogP contribution in [0.15, 0.2) is 0 Å². The number of thioether (sulfide) groups is 1. The quantitative estimate of drug-likeness (QED) is 0.655. The van der Waals surface area contributed by atoms with E-state index in [0.717, 1.165) is 30.1 Å². The SMILES string of the molecule is O=C(O)CCC[C@H]1C[C@H]2NC(=S)N[C@H]2CS1. The molecule has 2 fully saturated rings. The minimum atomic E-state index is -0.694. The Balaban J connectivity index is 1.73. The lowest BCUT2D eigenvalue weighted by Gasteiger charge is -2.30. The molecule has 0 bridgehead atoms. The second kappa shape index (κ2) is 5.23. The van der Waals surface area contributed by atoms with Crippen molar-refractivity contribution in [2.75, 3.05) is 5.75 Å². The molecule has 0 aliphatic carbocycles. The first-order valence-electron chi connectivity index (χ1n) is 5.55. The number of hydrogen-bond acceptors (Lipinski definition) is 3. The van der Waals surface area contributed by atoms with Crippen molar-refractivity contribution in [1.82, 2.24) is 10.6 Å². The number of carboxylic acid groups (broad SMARTS) is 1. The Bertz CT molecular complexity index is 299. The van der Waals surface area contributed by atoms with E-state index in [9.17, 15) is 4.79 Å². The van der Waals surface area contributed by atoms with Crippen LogP contribution in [0.25, 0.3) is 0 Å². The van der Waals surface area contributed by atoms with Crippen LogP contribution < -0.4 is 10.6 Å². The monoisotopic (exact) mass is 260 g/mol. The fraction of sp³-hybridized carbons (Fsp3) is 0.800. The third kappa shape index (κ3) is 3.01. The highest BCUT2D eigenvalue weighted by Crippen LogP contribution is 2.31. The second-order valence-corrected chi connectivity index (χ2v) is 6.05. The zero-order valence-corrected chi connectivity index (χ0v) is 10.6. The molecule has 2 aliphatic heterocycles. The largest absolute Gasteiger partial charge is 0.481 e. The molecule has 0 aromatic rings. The third-order valence-electron chi connectivity index (χ3n) is 3.06. The van der Waals surface area contributed by atoms with Gasteiger partial charge in [0.2, 0.25) is 0 Å². The minimum absolute atomic E-state index is 0.287. The second-order valence-electron chi connectivity index (χ2n) is 4.31. The average Bonchev–Trinajstić information content (AvgIpc) is 2.56. The molecule has 3 atom stereocenters. The summed E-state index contributed by atoms with van der Waals surface area (Å²) in [5.74, 6) is 0.371. The van der Waals surface area contributed by atoms with Gasteiger partial charge in [0.25, 0.3) is 0 Å². The third-order valence-corrected chi connectivity index (χ3v) is 4.75. The summed E-state index contributed by atoms with van der Waals surface area (Å²) in [5, 5.41) is 16.5. The molecule has 4 nitrogen and oxygen atoms in total. The maximum absolute atomic E-state index is 10.4. The molecule has 0 spiro atoms. The number of thiocarbonyl (C=S) groups is 1.